The molecule has 0 N–H and O–H groups in total. The number of ether oxygens (including phenoxy) is 3. The van der Waals surface area contributed by atoms with Crippen LogP contribution in [0.25, 0.3) is 0 Å². The Hall–Kier alpha value is -0.660. The fourth-order valence-corrected chi connectivity index (χ4v) is 3.00. The SMILES string of the molecule is CC(=O)O[C@H]1[C@H](N(C)C)[C@H](OC(C)=O)[C@@H](Br)O[C@@H]1C. The summed E-state index contributed by atoms with van der Waals surface area (Å²) in [5.41, 5.74) is 0. The molecule has 1 rings (SSSR count). The Morgan fingerprint density at radius 2 is 1.58 bits per heavy atom. The summed E-state index contributed by atoms with van der Waals surface area (Å²) in [7, 11) is 3.69. The van der Waals surface area contributed by atoms with E-state index >= 15 is 0 Å². The maximum atomic E-state index is 11.2. The topological polar surface area (TPSA) is 65.1 Å². The minimum atomic E-state index is -0.548. The predicted molar refractivity (Wildman–Crippen MR) is 71.8 cm³/mol. The number of halogens is 1. The number of hydrogen-bond donors (Lipinski definition) is 0. The van der Waals surface area contributed by atoms with Crippen molar-refractivity contribution in [2.75, 3.05) is 14.1 Å². The number of esters is 2. The predicted octanol–water partition coefficient (Wildman–Crippen LogP) is 0.920. The Labute approximate surface area is 121 Å². The minimum Gasteiger partial charge on any atom is -0.458 e. The van der Waals surface area contributed by atoms with Crippen molar-refractivity contribution in [3.8, 4) is 0 Å². The molecule has 0 aromatic carbocycles. The summed E-state index contributed by atoms with van der Waals surface area (Å²) in [6.45, 7) is 4.51. The van der Waals surface area contributed by atoms with E-state index in [1.54, 1.807) is 0 Å². The lowest BCUT2D eigenvalue weighted by Gasteiger charge is -2.45. The first-order valence-electron chi connectivity index (χ1n) is 6.04. The van der Waals surface area contributed by atoms with E-state index in [-0.39, 0.29) is 18.1 Å². The van der Waals surface area contributed by atoms with Crippen LogP contribution < -0.4 is 0 Å². The third kappa shape index (κ3) is 4.15. The van der Waals surface area contributed by atoms with Crippen LogP contribution in [0.15, 0.2) is 0 Å². The highest BCUT2D eigenvalue weighted by molar-refractivity contribution is 9.09. The average Bonchev–Trinajstić information content (AvgIpc) is 2.23. The zero-order valence-electron chi connectivity index (χ0n) is 11.8. The quantitative estimate of drug-likeness (QED) is 0.563. The van der Waals surface area contributed by atoms with Gasteiger partial charge in [0, 0.05) is 13.8 Å². The molecule has 1 aliphatic rings. The molecule has 1 saturated heterocycles. The molecular weight excluding hydrogens is 318 g/mol. The molecule has 1 aliphatic heterocycles. The molecule has 5 atom stereocenters. The molecule has 0 amide bonds. The van der Waals surface area contributed by atoms with Crippen molar-refractivity contribution in [2.45, 2.75) is 50.1 Å². The molecule has 0 spiro atoms. The first-order chi connectivity index (χ1) is 8.73. The van der Waals surface area contributed by atoms with E-state index in [1.165, 1.54) is 13.8 Å². The first kappa shape index (κ1) is 16.4. The van der Waals surface area contributed by atoms with E-state index in [1.807, 2.05) is 25.9 Å². The summed E-state index contributed by atoms with van der Waals surface area (Å²) < 4.78 is 16.2. The lowest BCUT2D eigenvalue weighted by atomic mass is 9.96. The van der Waals surface area contributed by atoms with Gasteiger partial charge < -0.3 is 14.2 Å². The van der Waals surface area contributed by atoms with Crippen LogP contribution >= 0.6 is 15.9 Å². The summed E-state index contributed by atoms with van der Waals surface area (Å²) in [6, 6.07) is -0.277. The number of likely N-dealkylation sites (N-methyl/N-ethyl adjacent to an activating group) is 1. The third-order valence-corrected chi connectivity index (χ3v) is 3.68. The van der Waals surface area contributed by atoms with Gasteiger partial charge in [-0.05, 0) is 21.0 Å². The van der Waals surface area contributed by atoms with Crippen LogP contribution in [0.5, 0.6) is 0 Å². The van der Waals surface area contributed by atoms with E-state index < -0.39 is 23.2 Å². The summed E-state index contributed by atoms with van der Waals surface area (Å²) in [4.78, 5) is 24.3. The number of hydrogen-bond acceptors (Lipinski definition) is 6. The van der Waals surface area contributed by atoms with Crippen molar-refractivity contribution in [3.05, 3.63) is 0 Å². The molecule has 0 radical (unpaired) electrons. The molecule has 0 aliphatic carbocycles. The molecule has 110 valence electrons. The fraction of sp³-hybridized carbons (Fsp3) is 0.833. The molecule has 0 bridgehead atoms. The van der Waals surface area contributed by atoms with Gasteiger partial charge in [-0.15, -0.1) is 0 Å². The number of alkyl halides is 1. The second-order valence-electron chi connectivity index (χ2n) is 4.79. The van der Waals surface area contributed by atoms with Crippen LogP contribution in [0.4, 0.5) is 0 Å². The Balaban J connectivity index is 3.00. The molecule has 6 nitrogen and oxygen atoms in total. The van der Waals surface area contributed by atoms with Crippen LogP contribution in [0, 0.1) is 0 Å². The van der Waals surface area contributed by atoms with E-state index in [0.717, 1.165) is 0 Å². The zero-order valence-corrected chi connectivity index (χ0v) is 13.3. The van der Waals surface area contributed by atoms with E-state index in [0.29, 0.717) is 0 Å². The molecule has 0 aromatic heterocycles. The van der Waals surface area contributed by atoms with Gasteiger partial charge in [0.2, 0.25) is 0 Å². The standard InChI is InChI=1S/C12H20BrNO5/c1-6-10(18-7(2)15)9(14(4)5)11(12(13)17-6)19-8(3)16/h6,9-12H,1-5H3/t6-,9+,10-,11+,12+/m1/s1. The van der Waals surface area contributed by atoms with Crippen molar-refractivity contribution < 1.29 is 23.8 Å². The zero-order chi connectivity index (χ0) is 14.7. The van der Waals surface area contributed by atoms with Crippen LogP contribution in [0.2, 0.25) is 0 Å². The van der Waals surface area contributed by atoms with Crippen LogP contribution in [-0.4, -0.2) is 60.3 Å². The molecule has 7 heteroatoms. The van der Waals surface area contributed by atoms with Gasteiger partial charge in [0.25, 0.3) is 0 Å². The highest BCUT2D eigenvalue weighted by Crippen LogP contribution is 2.31. The number of nitrogens with zero attached hydrogens (tertiary/aromatic N) is 1. The lowest BCUT2D eigenvalue weighted by molar-refractivity contribution is -0.203. The smallest absolute Gasteiger partial charge is 0.303 e. The largest absolute Gasteiger partial charge is 0.458 e. The highest BCUT2D eigenvalue weighted by atomic mass is 79.9. The lowest BCUT2D eigenvalue weighted by Crippen LogP contribution is -2.62. The molecule has 0 saturated carbocycles. The Bertz CT molecular complexity index is 321. The van der Waals surface area contributed by atoms with Crippen LogP contribution in [-0.2, 0) is 23.8 Å². The summed E-state index contributed by atoms with van der Waals surface area (Å²) in [5.74, 6) is -0.789. The maximum absolute atomic E-state index is 11.2. The molecule has 1 fully saturated rings. The van der Waals surface area contributed by atoms with Gasteiger partial charge in [0.05, 0.1) is 12.1 Å². The summed E-state index contributed by atoms with van der Waals surface area (Å²) in [5, 5.41) is -0.439. The van der Waals surface area contributed by atoms with Crippen molar-refractivity contribution in [2.24, 2.45) is 0 Å². The normalized spacial score (nSPS) is 35.0. The van der Waals surface area contributed by atoms with Gasteiger partial charge in [-0.1, -0.05) is 15.9 Å². The van der Waals surface area contributed by atoms with Gasteiger partial charge in [0.1, 0.15) is 6.10 Å². The Kier molecular flexibility index (Phi) is 5.76. The van der Waals surface area contributed by atoms with E-state index in [4.69, 9.17) is 14.2 Å². The molecular formula is C12H20BrNO5. The van der Waals surface area contributed by atoms with Gasteiger partial charge in [-0.25, -0.2) is 0 Å². The fourth-order valence-electron chi connectivity index (χ4n) is 2.24. The van der Waals surface area contributed by atoms with Crippen LogP contribution in [0.1, 0.15) is 20.8 Å². The summed E-state index contributed by atoms with van der Waals surface area (Å²) in [6.07, 6.45) is -1.34. The molecule has 1 heterocycles. The third-order valence-electron chi connectivity index (χ3n) is 2.94. The van der Waals surface area contributed by atoms with Crippen LogP contribution in [0.3, 0.4) is 0 Å². The molecule has 0 aromatic rings. The monoisotopic (exact) mass is 337 g/mol. The first-order valence-corrected chi connectivity index (χ1v) is 6.96. The Morgan fingerprint density at radius 3 is 2.00 bits per heavy atom. The second-order valence-corrected chi connectivity index (χ2v) is 5.70. The van der Waals surface area contributed by atoms with Crippen molar-refractivity contribution in [1.82, 2.24) is 4.90 Å². The van der Waals surface area contributed by atoms with Gasteiger partial charge >= 0.3 is 11.9 Å². The Morgan fingerprint density at radius 1 is 1.11 bits per heavy atom. The molecule has 19 heavy (non-hydrogen) atoms. The highest BCUT2D eigenvalue weighted by Gasteiger charge is 2.48. The van der Waals surface area contributed by atoms with Crippen molar-refractivity contribution in [1.29, 1.82) is 0 Å². The van der Waals surface area contributed by atoms with E-state index in [2.05, 4.69) is 15.9 Å². The molecule has 0 unspecified atom stereocenters. The average molecular weight is 338 g/mol. The number of carbonyl (C=O) groups is 2. The second kappa shape index (κ2) is 6.67. The number of carbonyl (C=O) groups excluding carboxylic acids is 2. The van der Waals surface area contributed by atoms with Gasteiger partial charge in [-0.3, -0.25) is 14.5 Å². The summed E-state index contributed by atoms with van der Waals surface area (Å²) >= 11 is 3.36. The van der Waals surface area contributed by atoms with Crippen molar-refractivity contribution >= 4 is 27.9 Å². The maximum Gasteiger partial charge on any atom is 0.303 e. The van der Waals surface area contributed by atoms with Crippen molar-refractivity contribution in [3.63, 3.8) is 0 Å². The minimum absolute atomic E-state index is 0.277. The van der Waals surface area contributed by atoms with Gasteiger partial charge in [-0.2, -0.15) is 0 Å². The van der Waals surface area contributed by atoms with Gasteiger partial charge in [0.15, 0.2) is 11.1 Å². The number of rotatable bonds is 3. The van der Waals surface area contributed by atoms with E-state index in [9.17, 15) is 9.59 Å².